The lowest BCUT2D eigenvalue weighted by Gasteiger charge is -2.05. The zero-order chi connectivity index (χ0) is 13.8. The number of hydrogen-bond acceptors (Lipinski definition) is 5. The van der Waals surface area contributed by atoms with Gasteiger partial charge in [-0.2, -0.15) is 0 Å². The van der Waals surface area contributed by atoms with Crippen molar-refractivity contribution in [1.29, 1.82) is 0 Å². The van der Waals surface area contributed by atoms with Gasteiger partial charge < -0.3 is 11.1 Å². The number of carbonyl (C=O) groups is 1. The number of halogens is 1. The van der Waals surface area contributed by atoms with Crippen LogP contribution in [0.2, 0.25) is 5.15 Å². The molecule has 2 aromatic rings. The lowest BCUT2D eigenvalue weighted by atomic mass is 10.3. The number of nitrogens with two attached hydrogens (primary N) is 1. The highest BCUT2D eigenvalue weighted by atomic mass is 35.5. The Labute approximate surface area is 119 Å². The topological polar surface area (TPSA) is 80.9 Å². The molecule has 0 atom stereocenters. The smallest absolute Gasteiger partial charge is 0.275 e. The molecule has 0 aromatic carbocycles. The van der Waals surface area contributed by atoms with E-state index in [4.69, 9.17) is 17.3 Å². The van der Waals surface area contributed by atoms with Crippen LogP contribution in [-0.2, 0) is 6.42 Å². The monoisotopic (exact) mass is 296 g/mol. The van der Waals surface area contributed by atoms with Crippen LogP contribution in [0.4, 0.5) is 5.69 Å². The van der Waals surface area contributed by atoms with Crippen molar-refractivity contribution < 1.29 is 4.79 Å². The molecule has 0 aliphatic heterocycles. The summed E-state index contributed by atoms with van der Waals surface area (Å²) in [5.74, 6) is -0.297. The first kappa shape index (κ1) is 13.9. The third-order valence-electron chi connectivity index (χ3n) is 2.37. The summed E-state index contributed by atoms with van der Waals surface area (Å²) >= 11 is 7.34. The normalized spacial score (nSPS) is 10.5. The van der Waals surface area contributed by atoms with E-state index in [0.29, 0.717) is 24.3 Å². The maximum atomic E-state index is 12.0. The van der Waals surface area contributed by atoms with E-state index in [2.05, 4.69) is 15.3 Å². The number of nitrogens with zero attached hydrogens (tertiary/aromatic N) is 2. The number of hydrogen-bond donors (Lipinski definition) is 2. The molecule has 2 aromatic heterocycles. The molecule has 100 valence electrons. The van der Waals surface area contributed by atoms with Crippen LogP contribution < -0.4 is 11.1 Å². The maximum absolute atomic E-state index is 12.0. The molecule has 0 unspecified atom stereocenters. The maximum Gasteiger partial charge on any atom is 0.275 e. The van der Waals surface area contributed by atoms with Crippen LogP contribution in [0.1, 0.15) is 21.1 Å². The predicted octanol–water partition coefficient (Wildman–Crippen LogP) is 2.25. The number of aromatic nitrogens is 2. The lowest BCUT2D eigenvalue weighted by Crippen LogP contribution is -2.13. The molecule has 0 fully saturated rings. The van der Waals surface area contributed by atoms with E-state index in [1.165, 1.54) is 11.3 Å². The second kappa shape index (κ2) is 6.10. The van der Waals surface area contributed by atoms with Gasteiger partial charge in [0.05, 0.1) is 10.7 Å². The fourth-order valence-electron chi connectivity index (χ4n) is 1.48. The van der Waals surface area contributed by atoms with Gasteiger partial charge in [-0.15, -0.1) is 11.3 Å². The van der Waals surface area contributed by atoms with Crippen LogP contribution in [0.15, 0.2) is 17.6 Å². The molecule has 19 heavy (non-hydrogen) atoms. The van der Waals surface area contributed by atoms with E-state index in [0.717, 1.165) is 10.6 Å². The average molecular weight is 297 g/mol. The molecular formula is C12H13ClN4OS. The van der Waals surface area contributed by atoms with Gasteiger partial charge in [0.2, 0.25) is 0 Å². The minimum atomic E-state index is -0.297. The third-order valence-corrected chi connectivity index (χ3v) is 3.58. The Hall–Kier alpha value is -1.50. The molecule has 1 amide bonds. The first-order chi connectivity index (χ1) is 9.10. The molecule has 7 heteroatoms. The molecule has 0 aliphatic rings. The number of rotatable bonds is 4. The molecule has 2 rings (SSSR count). The number of pyridine rings is 1. The standard InChI is InChI=1S/C12H13ClN4OS/c1-7-4-8(11(13)15-5-7)17-12(18)9-6-19-10(16-9)2-3-14/h4-6H,2-3,14H2,1H3,(H,17,18). The van der Waals surface area contributed by atoms with Crippen molar-refractivity contribution >= 4 is 34.5 Å². The number of amides is 1. The Morgan fingerprint density at radius 3 is 3.11 bits per heavy atom. The molecule has 0 radical (unpaired) electrons. The number of carbonyl (C=O) groups excluding carboxylic acids is 1. The van der Waals surface area contributed by atoms with Crippen molar-refractivity contribution in [2.75, 3.05) is 11.9 Å². The molecule has 0 spiro atoms. The molecule has 3 N–H and O–H groups in total. The Morgan fingerprint density at radius 1 is 1.58 bits per heavy atom. The third kappa shape index (κ3) is 3.50. The van der Waals surface area contributed by atoms with E-state index >= 15 is 0 Å². The van der Waals surface area contributed by atoms with Crippen molar-refractivity contribution in [2.24, 2.45) is 5.73 Å². The summed E-state index contributed by atoms with van der Waals surface area (Å²) in [5, 5.41) is 5.52. The van der Waals surface area contributed by atoms with Gasteiger partial charge in [0, 0.05) is 18.0 Å². The zero-order valence-electron chi connectivity index (χ0n) is 10.3. The Morgan fingerprint density at radius 2 is 2.37 bits per heavy atom. The van der Waals surface area contributed by atoms with Gasteiger partial charge in [-0.3, -0.25) is 4.79 Å². The molecule has 5 nitrogen and oxygen atoms in total. The molecular weight excluding hydrogens is 284 g/mol. The van der Waals surface area contributed by atoms with Crippen LogP contribution in [0, 0.1) is 6.92 Å². The van der Waals surface area contributed by atoms with Crippen molar-refractivity contribution in [3.63, 3.8) is 0 Å². The summed E-state index contributed by atoms with van der Waals surface area (Å²) in [6.07, 6.45) is 2.31. The highest BCUT2D eigenvalue weighted by Gasteiger charge is 2.13. The summed E-state index contributed by atoms with van der Waals surface area (Å²) in [6.45, 7) is 2.39. The van der Waals surface area contributed by atoms with E-state index in [1.807, 2.05) is 6.92 Å². The van der Waals surface area contributed by atoms with Crippen LogP contribution in [-0.4, -0.2) is 22.4 Å². The summed E-state index contributed by atoms with van der Waals surface area (Å²) in [7, 11) is 0. The lowest BCUT2D eigenvalue weighted by molar-refractivity contribution is 0.102. The number of thiazole rings is 1. The van der Waals surface area contributed by atoms with Crippen LogP contribution in [0.25, 0.3) is 0 Å². The SMILES string of the molecule is Cc1cnc(Cl)c(NC(=O)c2csc(CCN)n2)c1. The Balaban J connectivity index is 2.13. The second-order valence-electron chi connectivity index (χ2n) is 3.97. The highest BCUT2D eigenvalue weighted by molar-refractivity contribution is 7.09. The first-order valence-electron chi connectivity index (χ1n) is 5.68. The van der Waals surface area contributed by atoms with Crippen LogP contribution in [0.5, 0.6) is 0 Å². The second-order valence-corrected chi connectivity index (χ2v) is 5.27. The Bertz CT molecular complexity index is 599. The predicted molar refractivity (Wildman–Crippen MR) is 76.8 cm³/mol. The van der Waals surface area contributed by atoms with E-state index in [1.54, 1.807) is 17.6 Å². The summed E-state index contributed by atoms with van der Waals surface area (Å²) < 4.78 is 0. The first-order valence-corrected chi connectivity index (χ1v) is 6.94. The number of anilines is 1. The van der Waals surface area contributed by atoms with Crippen molar-refractivity contribution in [2.45, 2.75) is 13.3 Å². The van der Waals surface area contributed by atoms with Gasteiger partial charge >= 0.3 is 0 Å². The molecule has 0 saturated heterocycles. The van der Waals surface area contributed by atoms with Crippen molar-refractivity contribution in [3.05, 3.63) is 39.1 Å². The van der Waals surface area contributed by atoms with Crippen molar-refractivity contribution in [3.8, 4) is 0 Å². The minimum absolute atomic E-state index is 0.261. The average Bonchev–Trinajstić information content (AvgIpc) is 2.83. The van der Waals surface area contributed by atoms with Gasteiger partial charge in [-0.25, -0.2) is 9.97 Å². The van der Waals surface area contributed by atoms with Gasteiger partial charge in [0.25, 0.3) is 5.91 Å². The molecule has 0 saturated carbocycles. The number of nitrogens with one attached hydrogen (secondary N) is 1. The summed E-state index contributed by atoms with van der Waals surface area (Å²) in [5.41, 5.74) is 7.22. The Kier molecular flexibility index (Phi) is 4.47. The van der Waals surface area contributed by atoms with Crippen LogP contribution in [0.3, 0.4) is 0 Å². The fraction of sp³-hybridized carbons (Fsp3) is 0.250. The van der Waals surface area contributed by atoms with Gasteiger partial charge in [0.15, 0.2) is 5.15 Å². The van der Waals surface area contributed by atoms with Gasteiger partial charge in [-0.05, 0) is 25.1 Å². The fourth-order valence-corrected chi connectivity index (χ4v) is 2.42. The largest absolute Gasteiger partial charge is 0.330 e. The van der Waals surface area contributed by atoms with Crippen LogP contribution >= 0.6 is 22.9 Å². The quantitative estimate of drug-likeness (QED) is 0.848. The number of aryl methyl sites for hydroxylation is 1. The van der Waals surface area contributed by atoms with E-state index in [-0.39, 0.29) is 11.1 Å². The van der Waals surface area contributed by atoms with E-state index in [9.17, 15) is 4.79 Å². The molecule has 0 bridgehead atoms. The minimum Gasteiger partial charge on any atom is -0.330 e. The summed E-state index contributed by atoms with van der Waals surface area (Å²) in [4.78, 5) is 20.2. The van der Waals surface area contributed by atoms with Gasteiger partial charge in [-0.1, -0.05) is 11.6 Å². The highest BCUT2D eigenvalue weighted by Crippen LogP contribution is 2.21. The van der Waals surface area contributed by atoms with Gasteiger partial charge in [0.1, 0.15) is 5.69 Å². The molecule has 0 aliphatic carbocycles. The summed E-state index contributed by atoms with van der Waals surface area (Å²) in [6, 6.07) is 1.76. The van der Waals surface area contributed by atoms with E-state index < -0.39 is 0 Å². The van der Waals surface area contributed by atoms with Crippen molar-refractivity contribution in [1.82, 2.24) is 9.97 Å². The zero-order valence-corrected chi connectivity index (χ0v) is 11.9. The molecule has 2 heterocycles.